The highest BCUT2D eigenvalue weighted by atomic mass is 16.3. The van der Waals surface area contributed by atoms with E-state index in [9.17, 15) is 0 Å². The van der Waals surface area contributed by atoms with E-state index in [0.29, 0.717) is 0 Å². The van der Waals surface area contributed by atoms with Crippen LogP contribution >= 0.6 is 0 Å². The quantitative estimate of drug-likeness (QED) is 0.149. The number of anilines is 3. The molecule has 3 heteroatoms. The summed E-state index contributed by atoms with van der Waals surface area (Å²) in [6, 6.07) is 92.4. The Morgan fingerprint density at radius 1 is 0.275 bits per heavy atom. The van der Waals surface area contributed by atoms with Crippen LogP contribution in [0.4, 0.5) is 17.1 Å². The highest BCUT2D eigenvalue weighted by Gasteiger charge is 2.21. The third-order valence-corrected chi connectivity index (χ3v) is 14.2. The zero-order chi connectivity index (χ0) is 45.4. The number of benzene rings is 12. The second-order valence-corrected chi connectivity index (χ2v) is 18.1. The van der Waals surface area contributed by atoms with E-state index in [1.54, 1.807) is 0 Å². The molecule has 0 aliphatic heterocycles. The van der Waals surface area contributed by atoms with Gasteiger partial charge in [0.1, 0.15) is 5.58 Å². The molecule has 0 bridgehead atoms. The number of rotatable bonds is 7. The first-order valence-electron chi connectivity index (χ1n) is 23.6. The molecule has 0 saturated carbocycles. The summed E-state index contributed by atoms with van der Waals surface area (Å²) >= 11 is 0. The maximum absolute atomic E-state index is 6.96. The smallest absolute Gasteiger partial charge is 0.159 e. The highest BCUT2D eigenvalue weighted by Crippen LogP contribution is 2.45. The van der Waals surface area contributed by atoms with Crippen molar-refractivity contribution in [2.75, 3.05) is 4.90 Å². The molecule has 14 aromatic rings. The van der Waals surface area contributed by atoms with Gasteiger partial charge in [0.25, 0.3) is 0 Å². The van der Waals surface area contributed by atoms with E-state index in [2.05, 4.69) is 264 Å². The Bertz CT molecular complexity index is 4240. The maximum atomic E-state index is 6.96. The van der Waals surface area contributed by atoms with Gasteiger partial charge in [-0.25, -0.2) is 0 Å². The topological polar surface area (TPSA) is 21.3 Å². The summed E-state index contributed by atoms with van der Waals surface area (Å²) in [5, 5.41) is 12.1. The van der Waals surface area contributed by atoms with Crippen LogP contribution in [-0.4, -0.2) is 4.57 Å². The predicted molar refractivity (Wildman–Crippen MR) is 292 cm³/mol. The van der Waals surface area contributed by atoms with Gasteiger partial charge < -0.3 is 13.9 Å². The zero-order valence-electron chi connectivity index (χ0n) is 37.6. The third-order valence-electron chi connectivity index (χ3n) is 14.2. The van der Waals surface area contributed by atoms with Gasteiger partial charge in [-0.1, -0.05) is 188 Å². The second kappa shape index (κ2) is 15.7. The van der Waals surface area contributed by atoms with Crippen molar-refractivity contribution in [3.63, 3.8) is 0 Å². The zero-order valence-corrected chi connectivity index (χ0v) is 37.6. The number of furan rings is 1. The molecule has 12 aromatic carbocycles. The fourth-order valence-corrected chi connectivity index (χ4v) is 10.8. The van der Waals surface area contributed by atoms with Gasteiger partial charge in [0.15, 0.2) is 5.58 Å². The SMILES string of the molecule is c1cc(-c2ccc(N(c3ccc(-c4ccc(-c5ccc6ccc7ccccc7c6c5)cc4)cc3)c3cccc4c3oc3c5ccccc5ccc43)cc2)cc(-n2c3ccccc3c3ccccc32)c1. The fraction of sp³-hybridized carbons (Fsp3) is 0. The maximum Gasteiger partial charge on any atom is 0.159 e. The normalized spacial score (nSPS) is 11.8. The number of para-hydroxylation sites is 3. The molecule has 322 valence electrons. The predicted octanol–water partition coefficient (Wildman–Crippen LogP) is 18.6. The van der Waals surface area contributed by atoms with E-state index in [1.165, 1.54) is 60.0 Å². The van der Waals surface area contributed by atoms with E-state index in [1.807, 2.05) is 0 Å². The van der Waals surface area contributed by atoms with Gasteiger partial charge >= 0.3 is 0 Å². The Morgan fingerprint density at radius 3 is 1.39 bits per heavy atom. The van der Waals surface area contributed by atoms with Crippen molar-refractivity contribution in [2.24, 2.45) is 0 Å². The molecule has 3 nitrogen and oxygen atoms in total. The molecular formula is C66H42N2O. The highest BCUT2D eigenvalue weighted by molar-refractivity contribution is 6.18. The van der Waals surface area contributed by atoms with Crippen molar-refractivity contribution in [1.29, 1.82) is 0 Å². The van der Waals surface area contributed by atoms with Gasteiger partial charge in [-0.3, -0.25) is 0 Å². The van der Waals surface area contributed by atoms with Crippen LogP contribution in [0.1, 0.15) is 0 Å². The van der Waals surface area contributed by atoms with E-state index >= 15 is 0 Å². The fourth-order valence-electron chi connectivity index (χ4n) is 10.8. The summed E-state index contributed by atoms with van der Waals surface area (Å²) in [4.78, 5) is 2.33. The molecule has 0 atom stereocenters. The Morgan fingerprint density at radius 2 is 0.725 bits per heavy atom. The summed E-state index contributed by atoms with van der Waals surface area (Å²) < 4.78 is 9.35. The minimum atomic E-state index is 0.855. The summed E-state index contributed by atoms with van der Waals surface area (Å²) in [5.41, 5.74) is 15.4. The van der Waals surface area contributed by atoms with E-state index in [0.717, 1.165) is 72.2 Å². The van der Waals surface area contributed by atoms with Crippen LogP contribution in [0.3, 0.4) is 0 Å². The average molecular weight is 879 g/mol. The lowest BCUT2D eigenvalue weighted by atomic mass is 9.96. The minimum Gasteiger partial charge on any atom is -0.453 e. The first kappa shape index (κ1) is 39.0. The van der Waals surface area contributed by atoms with Crippen molar-refractivity contribution >= 4 is 93.1 Å². The summed E-state index contributed by atoms with van der Waals surface area (Å²) in [5.74, 6) is 0. The standard InChI is InChI=1S/C66H42N2O/c1-3-15-55-47(11-1)27-28-49-29-30-51(42-61(49)55)45-25-23-43(24-26-45)44-31-36-52(37-32-44)67(64-22-10-19-59-60-40-35-48-12-2-4-16-56(48)65(60)69-66(59)64)53-38-33-46(34-39-53)50-13-9-14-54(41-50)68-62-20-7-5-17-57(62)58-18-6-8-21-63(58)68/h1-42H. The lowest BCUT2D eigenvalue weighted by Gasteiger charge is -2.26. The van der Waals surface area contributed by atoms with Crippen molar-refractivity contribution < 1.29 is 4.42 Å². The number of hydrogen-bond donors (Lipinski definition) is 0. The second-order valence-electron chi connectivity index (χ2n) is 18.1. The van der Waals surface area contributed by atoms with Crippen molar-refractivity contribution in [1.82, 2.24) is 4.57 Å². The third kappa shape index (κ3) is 6.43. The van der Waals surface area contributed by atoms with Crippen molar-refractivity contribution in [2.45, 2.75) is 0 Å². The average Bonchev–Trinajstić information content (AvgIpc) is 3.98. The molecule has 0 unspecified atom stereocenters. The molecule has 0 radical (unpaired) electrons. The molecule has 0 spiro atoms. The first-order valence-corrected chi connectivity index (χ1v) is 23.6. The molecule has 0 aliphatic rings. The van der Waals surface area contributed by atoms with Crippen LogP contribution in [0, 0.1) is 0 Å². The van der Waals surface area contributed by atoms with Crippen LogP contribution in [0.15, 0.2) is 259 Å². The largest absolute Gasteiger partial charge is 0.453 e. The van der Waals surface area contributed by atoms with Crippen LogP contribution in [0.5, 0.6) is 0 Å². The number of hydrogen-bond acceptors (Lipinski definition) is 2. The molecule has 0 saturated heterocycles. The van der Waals surface area contributed by atoms with E-state index < -0.39 is 0 Å². The van der Waals surface area contributed by atoms with Gasteiger partial charge in [-0.15, -0.1) is 0 Å². The molecule has 0 fully saturated rings. The Balaban J connectivity index is 0.846. The number of aromatic nitrogens is 1. The summed E-state index contributed by atoms with van der Waals surface area (Å²) in [6.45, 7) is 0. The minimum absolute atomic E-state index is 0.855. The Labute approximate surface area is 399 Å². The lowest BCUT2D eigenvalue weighted by molar-refractivity contribution is 0.673. The van der Waals surface area contributed by atoms with Crippen LogP contribution in [0.2, 0.25) is 0 Å². The van der Waals surface area contributed by atoms with Crippen LogP contribution in [0.25, 0.3) is 115 Å². The molecular weight excluding hydrogens is 837 g/mol. The molecule has 2 heterocycles. The van der Waals surface area contributed by atoms with Gasteiger partial charge in [0, 0.05) is 44.0 Å². The van der Waals surface area contributed by atoms with E-state index in [4.69, 9.17) is 4.42 Å². The van der Waals surface area contributed by atoms with Crippen LogP contribution < -0.4 is 4.90 Å². The molecule has 14 rings (SSSR count). The van der Waals surface area contributed by atoms with E-state index in [-0.39, 0.29) is 0 Å². The molecule has 0 amide bonds. The van der Waals surface area contributed by atoms with Gasteiger partial charge in [0.2, 0.25) is 0 Å². The van der Waals surface area contributed by atoms with Crippen molar-refractivity contribution in [3.8, 4) is 39.1 Å². The first-order chi connectivity index (χ1) is 34.2. The number of nitrogens with zero attached hydrogens (tertiary/aromatic N) is 2. The number of fused-ring (bicyclic) bond motifs is 11. The van der Waals surface area contributed by atoms with Gasteiger partial charge in [-0.05, 0) is 127 Å². The van der Waals surface area contributed by atoms with Gasteiger partial charge in [-0.2, -0.15) is 0 Å². The lowest BCUT2D eigenvalue weighted by Crippen LogP contribution is -2.10. The molecule has 2 aromatic heterocycles. The molecule has 0 aliphatic carbocycles. The monoisotopic (exact) mass is 878 g/mol. The van der Waals surface area contributed by atoms with Gasteiger partial charge in [0.05, 0.1) is 16.7 Å². The Kier molecular flexibility index (Phi) is 8.90. The van der Waals surface area contributed by atoms with Crippen molar-refractivity contribution in [3.05, 3.63) is 255 Å². The summed E-state index contributed by atoms with van der Waals surface area (Å²) in [7, 11) is 0. The Hall–Kier alpha value is -9.18. The van der Waals surface area contributed by atoms with Crippen LogP contribution in [-0.2, 0) is 0 Å². The molecule has 69 heavy (non-hydrogen) atoms. The molecule has 0 N–H and O–H groups in total. The summed E-state index contributed by atoms with van der Waals surface area (Å²) in [6.07, 6.45) is 0.